The van der Waals surface area contributed by atoms with Crippen LogP contribution in [0.1, 0.15) is 16.9 Å². The Hall–Kier alpha value is -2.41. The van der Waals surface area contributed by atoms with Crippen molar-refractivity contribution < 1.29 is 4.79 Å². The van der Waals surface area contributed by atoms with Gasteiger partial charge in [0.05, 0.1) is 11.9 Å². The number of carbonyl (C=O) groups is 1. The van der Waals surface area contributed by atoms with Gasteiger partial charge in [-0.1, -0.05) is 0 Å². The monoisotopic (exact) mass is 260 g/mol. The fourth-order valence-corrected chi connectivity index (χ4v) is 1.58. The SMILES string of the molecule is NNc1ccc(C(=O)NCCCn2cccn2)nc1. The molecule has 0 atom stereocenters. The van der Waals surface area contributed by atoms with Crippen LogP contribution in [0.3, 0.4) is 0 Å². The van der Waals surface area contributed by atoms with Gasteiger partial charge in [-0.25, -0.2) is 4.98 Å². The number of amides is 1. The second-order valence-corrected chi connectivity index (χ2v) is 3.96. The number of aryl methyl sites for hydroxylation is 1. The lowest BCUT2D eigenvalue weighted by Crippen LogP contribution is -2.26. The molecular weight excluding hydrogens is 244 g/mol. The third-order valence-corrected chi connectivity index (χ3v) is 2.57. The highest BCUT2D eigenvalue weighted by molar-refractivity contribution is 5.92. The van der Waals surface area contributed by atoms with Gasteiger partial charge in [-0.2, -0.15) is 5.10 Å². The lowest BCUT2D eigenvalue weighted by Gasteiger charge is -2.05. The predicted molar refractivity (Wildman–Crippen MR) is 71.2 cm³/mol. The lowest BCUT2D eigenvalue weighted by molar-refractivity contribution is 0.0947. The number of carbonyl (C=O) groups excluding carboxylic acids is 1. The number of nitrogens with zero attached hydrogens (tertiary/aromatic N) is 3. The Kier molecular flexibility index (Phi) is 4.46. The van der Waals surface area contributed by atoms with Crippen LogP contribution >= 0.6 is 0 Å². The minimum absolute atomic E-state index is 0.191. The van der Waals surface area contributed by atoms with Gasteiger partial charge in [-0.15, -0.1) is 0 Å². The van der Waals surface area contributed by atoms with Crippen molar-refractivity contribution in [2.45, 2.75) is 13.0 Å². The smallest absolute Gasteiger partial charge is 0.269 e. The fraction of sp³-hybridized carbons (Fsp3) is 0.250. The van der Waals surface area contributed by atoms with Crippen molar-refractivity contribution in [2.75, 3.05) is 12.0 Å². The number of aromatic nitrogens is 3. The zero-order valence-electron chi connectivity index (χ0n) is 10.4. The number of anilines is 1. The van der Waals surface area contributed by atoms with Gasteiger partial charge in [0.2, 0.25) is 0 Å². The summed E-state index contributed by atoms with van der Waals surface area (Å²) in [5.41, 5.74) is 3.49. The molecule has 0 aromatic carbocycles. The molecule has 7 nitrogen and oxygen atoms in total. The number of nitrogen functional groups attached to an aromatic ring is 1. The quantitative estimate of drug-likeness (QED) is 0.396. The molecule has 0 unspecified atom stereocenters. The van der Waals surface area contributed by atoms with Crippen molar-refractivity contribution in [3.8, 4) is 0 Å². The molecule has 0 saturated heterocycles. The zero-order chi connectivity index (χ0) is 13.5. The standard InChI is InChI=1S/C12H16N6O/c13-17-10-3-4-11(15-9-10)12(19)14-5-1-7-18-8-2-6-16-18/h2-4,6,8-9,17H,1,5,7,13H2,(H,14,19). The molecule has 7 heteroatoms. The van der Waals surface area contributed by atoms with E-state index < -0.39 is 0 Å². The van der Waals surface area contributed by atoms with Crippen molar-refractivity contribution >= 4 is 11.6 Å². The summed E-state index contributed by atoms with van der Waals surface area (Å²) in [5.74, 6) is 5.03. The molecule has 0 bridgehead atoms. The maximum Gasteiger partial charge on any atom is 0.269 e. The Bertz CT molecular complexity index is 508. The minimum Gasteiger partial charge on any atom is -0.351 e. The average Bonchev–Trinajstić information content (AvgIpc) is 2.96. The molecule has 0 aliphatic carbocycles. The van der Waals surface area contributed by atoms with Crippen LogP contribution in [0, 0.1) is 0 Å². The van der Waals surface area contributed by atoms with Crippen molar-refractivity contribution in [3.63, 3.8) is 0 Å². The molecule has 19 heavy (non-hydrogen) atoms. The Labute approximate surface area is 110 Å². The van der Waals surface area contributed by atoms with Crippen molar-refractivity contribution in [2.24, 2.45) is 5.84 Å². The Morgan fingerprint density at radius 2 is 2.32 bits per heavy atom. The summed E-state index contributed by atoms with van der Waals surface area (Å²) >= 11 is 0. The summed E-state index contributed by atoms with van der Waals surface area (Å²) in [6.07, 6.45) is 5.95. The van der Waals surface area contributed by atoms with E-state index in [1.165, 1.54) is 6.20 Å². The van der Waals surface area contributed by atoms with Crippen molar-refractivity contribution in [1.29, 1.82) is 0 Å². The Balaban J connectivity index is 1.74. The molecule has 2 aromatic heterocycles. The van der Waals surface area contributed by atoms with Crippen molar-refractivity contribution in [3.05, 3.63) is 42.5 Å². The number of hydrogen-bond donors (Lipinski definition) is 3. The maximum absolute atomic E-state index is 11.8. The molecule has 0 fully saturated rings. The van der Waals surface area contributed by atoms with Crippen LogP contribution in [-0.4, -0.2) is 27.2 Å². The van der Waals surface area contributed by atoms with E-state index in [0.29, 0.717) is 17.9 Å². The van der Waals surface area contributed by atoms with Crippen LogP contribution in [0.2, 0.25) is 0 Å². The third-order valence-electron chi connectivity index (χ3n) is 2.57. The van der Waals surface area contributed by atoms with Gasteiger partial charge in [0.25, 0.3) is 5.91 Å². The molecule has 100 valence electrons. The minimum atomic E-state index is -0.191. The van der Waals surface area contributed by atoms with E-state index in [4.69, 9.17) is 5.84 Å². The van der Waals surface area contributed by atoms with Gasteiger partial charge in [0.15, 0.2) is 0 Å². The lowest BCUT2D eigenvalue weighted by atomic mass is 10.3. The zero-order valence-corrected chi connectivity index (χ0v) is 10.4. The van der Waals surface area contributed by atoms with Crippen LogP contribution in [0.25, 0.3) is 0 Å². The van der Waals surface area contributed by atoms with Gasteiger partial charge in [-0.3, -0.25) is 15.3 Å². The first-order valence-electron chi connectivity index (χ1n) is 5.98. The van der Waals surface area contributed by atoms with E-state index in [2.05, 4.69) is 20.8 Å². The van der Waals surface area contributed by atoms with E-state index >= 15 is 0 Å². The Morgan fingerprint density at radius 1 is 1.42 bits per heavy atom. The molecule has 0 aliphatic rings. The number of nitrogens with two attached hydrogens (primary N) is 1. The average molecular weight is 260 g/mol. The topological polar surface area (TPSA) is 97.9 Å². The molecule has 2 rings (SSSR count). The van der Waals surface area contributed by atoms with Gasteiger partial charge < -0.3 is 10.7 Å². The van der Waals surface area contributed by atoms with E-state index in [1.807, 2.05) is 16.9 Å². The van der Waals surface area contributed by atoms with Crippen LogP contribution in [-0.2, 0) is 6.54 Å². The first-order valence-corrected chi connectivity index (χ1v) is 5.98. The molecule has 4 N–H and O–H groups in total. The largest absolute Gasteiger partial charge is 0.351 e. The summed E-state index contributed by atoms with van der Waals surface area (Å²) in [6, 6.07) is 5.19. The van der Waals surface area contributed by atoms with Crippen molar-refractivity contribution in [1.82, 2.24) is 20.1 Å². The van der Waals surface area contributed by atoms with Gasteiger partial charge in [0.1, 0.15) is 5.69 Å². The number of hydrazine groups is 1. The molecule has 2 aromatic rings. The number of nitrogens with one attached hydrogen (secondary N) is 2. The summed E-state index contributed by atoms with van der Waals surface area (Å²) < 4.78 is 1.83. The summed E-state index contributed by atoms with van der Waals surface area (Å²) in [5, 5.41) is 6.89. The third kappa shape index (κ3) is 3.78. The second kappa shape index (κ2) is 6.50. The van der Waals surface area contributed by atoms with Gasteiger partial charge in [-0.05, 0) is 24.6 Å². The van der Waals surface area contributed by atoms with Crippen LogP contribution in [0.5, 0.6) is 0 Å². The molecule has 0 saturated carbocycles. The first kappa shape index (κ1) is 13.0. The predicted octanol–water partition coefficient (Wildman–Crippen LogP) is 0.384. The molecule has 0 radical (unpaired) electrons. The molecule has 0 spiro atoms. The first-order chi connectivity index (χ1) is 9.29. The van der Waals surface area contributed by atoms with Crippen LogP contribution < -0.4 is 16.6 Å². The van der Waals surface area contributed by atoms with E-state index in [0.717, 1.165) is 13.0 Å². The molecule has 2 heterocycles. The number of rotatable bonds is 6. The summed E-state index contributed by atoms with van der Waals surface area (Å²) in [7, 11) is 0. The van der Waals surface area contributed by atoms with E-state index in [9.17, 15) is 4.79 Å². The molecular formula is C12H16N6O. The second-order valence-electron chi connectivity index (χ2n) is 3.96. The highest BCUT2D eigenvalue weighted by atomic mass is 16.1. The highest BCUT2D eigenvalue weighted by Crippen LogP contribution is 2.03. The Morgan fingerprint density at radius 3 is 2.95 bits per heavy atom. The molecule has 0 aliphatic heterocycles. The fourth-order valence-electron chi connectivity index (χ4n) is 1.58. The summed E-state index contributed by atoms with van der Waals surface area (Å²) in [4.78, 5) is 15.8. The van der Waals surface area contributed by atoms with E-state index in [-0.39, 0.29) is 5.91 Å². The normalized spacial score (nSPS) is 10.2. The van der Waals surface area contributed by atoms with Gasteiger partial charge >= 0.3 is 0 Å². The number of pyridine rings is 1. The summed E-state index contributed by atoms with van der Waals surface area (Å²) in [6.45, 7) is 1.36. The van der Waals surface area contributed by atoms with E-state index in [1.54, 1.807) is 18.3 Å². The maximum atomic E-state index is 11.8. The highest BCUT2D eigenvalue weighted by Gasteiger charge is 2.05. The van der Waals surface area contributed by atoms with Crippen LogP contribution in [0.4, 0.5) is 5.69 Å². The van der Waals surface area contributed by atoms with Crippen LogP contribution in [0.15, 0.2) is 36.8 Å². The number of hydrogen-bond acceptors (Lipinski definition) is 5. The van der Waals surface area contributed by atoms with Gasteiger partial charge in [0, 0.05) is 25.5 Å². The molecule has 1 amide bonds.